The normalized spacial score (nSPS) is 16.4. The highest BCUT2D eigenvalue weighted by Crippen LogP contribution is 2.26. The molecule has 0 radical (unpaired) electrons. The fourth-order valence-corrected chi connectivity index (χ4v) is 3.61. The summed E-state index contributed by atoms with van der Waals surface area (Å²) < 4.78 is 5.35. The zero-order valence-corrected chi connectivity index (χ0v) is 18.9. The van der Waals surface area contributed by atoms with Gasteiger partial charge in [-0.05, 0) is 36.8 Å². The Kier molecular flexibility index (Phi) is 5.82. The van der Waals surface area contributed by atoms with Crippen molar-refractivity contribution in [1.82, 2.24) is 15.0 Å². The van der Waals surface area contributed by atoms with Crippen LogP contribution < -0.4 is 5.32 Å². The van der Waals surface area contributed by atoms with Crippen LogP contribution in [0.25, 0.3) is 11.4 Å². The molecule has 0 bridgehead atoms. The van der Waals surface area contributed by atoms with Gasteiger partial charge in [0.05, 0.1) is 5.92 Å². The van der Waals surface area contributed by atoms with E-state index >= 15 is 0 Å². The average molecular weight is 433 g/mol. The smallest absolute Gasteiger partial charge is 0.232 e. The van der Waals surface area contributed by atoms with Gasteiger partial charge >= 0.3 is 0 Å². The van der Waals surface area contributed by atoms with Gasteiger partial charge in [-0.15, -0.1) is 0 Å². The summed E-state index contributed by atoms with van der Waals surface area (Å²) in [6.07, 6.45) is 0.230. The number of hydrogen-bond acceptors (Lipinski definition) is 5. The van der Waals surface area contributed by atoms with Crippen molar-refractivity contribution in [2.24, 2.45) is 5.92 Å². The minimum absolute atomic E-state index is 0.00725. The van der Waals surface area contributed by atoms with Crippen molar-refractivity contribution in [2.75, 3.05) is 11.9 Å². The van der Waals surface area contributed by atoms with Gasteiger partial charge in [0.15, 0.2) is 0 Å². The highest BCUT2D eigenvalue weighted by molar-refractivity contribution is 5.97. The second-order valence-electron chi connectivity index (χ2n) is 9.40. The van der Waals surface area contributed by atoms with Crippen molar-refractivity contribution in [3.05, 3.63) is 65.5 Å². The van der Waals surface area contributed by atoms with Crippen molar-refractivity contribution in [3.8, 4) is 11.4 Å². The maximum atomic E-state index is 12.7. The highest BCUT2D eigenvalue weighted by Gasteiger charge is 2.34. The number of amides is 2. The summed E-state index contributed by atoms with van der Waals surface area (Å²) in [5, 5.41) is 6.97. The maximum absolute atomic E-state index is 12.7. The van der Waals surface area contributed by atoms with Crippen LogP contribution in [-0.4, -0.2) is 33.4 Å². The zero-order valence-electron chi connectivity index (χ0n) is 18.9. The standard InChI is InChI=1S/C25H28N4O3/c1-16-5-7-17(8-6-16)14-29-15-19(13-21(29)30)23(31)26-20-11-9-18(10-12-20)22-27-24(32-28-22)25(2,3)4/h5-12,19H,13-15H2,1-4H3,(H,26,31). The Morgan fingerprint density at radius 2 is 1.81 bits per heavy atom. The third-order valence-corrected chi connectivity index (χ3v) is 5.56. The number of aromatic nitrogens is 2. The van der Waals surface area contributed by atoms with Crippen LogP contribution in [0, 0.1) is 12.8 Å². The van der Waals surface area contributed by atoms with Crippen molar-refractivity contribution in [2.45, 2.75) is 46.1 Å². The lowest BCUT2D eigenvalue weighted by Crippen LogP contribution is -2.28. The lowest BCUT2D eigenvalue weighted by molar-refractivity contribution is -0.128. The molecule has 32 heavy (non-hydrogen) atoms. The maximum Gasteiger partial charge on any atom is 0.232 e. The largest absolute Gasteiger partial charge is 0.338 e. The number of aryl methyl sites for hydroxylation is 1. The molecule has 4 rings (SSSR count). The number of benzene rings is 2. The molecule has 166 valence electrons. The Balaban J connectivity index is 1.36. The summed E-state index contributed by atoms with van der Waals surface area (Å²) in [4.78, 5) is 31.4. The van der Waals surface area contributed by atoms with Gasteiger partial charge in [0.1, 0.15) is 0 Å². The van der Waals surface area contributed by atoms with E-state index in [-0.39, 0.29) is 29.6 Å². The fourth-order valence-electron chi connectivity index (χ4n) is 3.61. The Morgan fingerprint density at radius 1 is 1.12 bits per heavy atom. The Bertz CT molecular complexity index is 1110. The Labute approximate surface area is 187 Å². The second kappa shape index (κ2) is 8.57. The number of rotatable bonds is 5. The molecule has 2 heterocycles. The predicted molar refractivity (Wildman–Crippen MR) is 122 cm³/mol. The summed E-state index contributed by atoms with van der Waals surface area (Å²) in [5.74, 6) is 0.589. The third-order valence-electron chi connectivity index (χ3n) is 5.56. The van der Waals surface area contributed by atoms with Crippen LogP contribution in [0.15, 0.2) is 53.1 Å². The molecule has 1 aliphatic heterocycles. The first-order valence-electron chi connectivity index (χ1n) is 10.8. The number of likely N-dealkylation sites (tertiary alicyclic amines) is 1. The minimum Gasteiger partial charge on any atom is -0.338 e. The zero-order chi connectivity index (χ0) is 22.9. The van der Waals surface area contributed by atoms with Gasteiger partial charge in [0.2, 0.25) is 23.5 Å². The second-order valence-corrected chi connectivity index (χ2v) is 9.40. The molecule has 0 aliphatic carbocycles. The lowest BCUT2D eigenvalue weighted by Gasteiger charge is -2.17. The van der Waals surface area contributed by atoms with Crippen molar-refractivity contribution < 1.29 is 14.1 Å². The minimum atomic E-state index is -0.362. The summed E-state index contributed by atoms with van der Waals surface area (Å²) in [5.41, 5.74) is 3.51. The van der Waals surface area contributed by atoms with Crippen LogP contribution in [0.2, 0.25) is 0 Å². The van der Waals surface area contributed by atoms with Gasteiger partial charge < -0.3 is 14.7 Å². The molecule has 1 atom stereocenters. The molecule has 2 amide bonds. The third kappa shape index (κ3) is 4.88. The number of nitrogens with zero attached hydrogens (tertiary/aromatic N) is 3. The van der Waals surface area contributed by atoms with E-state index in [0.29, 0.717) is 30.5 Å². The van der Waals surface area contributed by atoms with Gasteiger partial charge in [-0.1, -0.05) is 55.8 Å². The van der Waals surface area contributed by atoms with E-state index in [1.54, 1.807) is 17.0 Å². The molecule has 0 saturated carbocycles. The van der Waals surface area contributed by atoms with Gasteiger partial charge in [0, 0.05) is 36.2 Å². The summed E-state index contributed by atoms with van der Waals surface area (Å²) in [6.45, 7) is 9.02. The van der Waals surface area contributed by atoms with E-state index in [1.165, 1.54) is 5.56 Å². The highest BCUT2D eigenvalue weighted by atomic mass is 16.5. The number of hydrogen-bond donors (Lipinski definition) is 1. The molecule has 0 spiro atoms. The van der Waals surface area contributed by atoms with Crippen LogP contribution in [0.4, 0.5) is 5.69 Å². The molecule has 1 aromatic heterocycles. The molecule has 1 unspecified atom stereocenters. The molecular weight excluding hydrogens is 404 g/mol. The first-order valence-corrected chi connectivity index (χ1v) is 10.8. The van der Waals surface area contributed by atoms with Crippen molar-refractivity contribution in [1.29, 1.82) is 0 Å². The molecule has 1 fully saturated rings. The Morgan fingerprint density at radius 3 is 2.44 bits per heavy atom. The first-order chi connectivity index (χ1) is 15.2. The molecular formula is C25H28N4O3. The quantitative estimate of drug-likeness (QED) is 0.648. The van der Waals surface area contributed by atoms with E-state index in [9.17, 15) is 9.59 Å². The molecule has 7 heteroatoms. The average Bonchev–Trinajstić information content (AvgIpc) is 3.38. The van der Waals surface area contributed by atoms with Gasteiger partial charge in [-0.2, -0.15) is 4.98 Å². The number of nitrogens with one attached hydrogen (secondary N) is 1. The van der Waals surface area contributed by atoms with Gasteiger partial charge in [0.25, 0.3) is 0 Å². The Hall–Kier alpha value is -3.48. The SMILES string of the molecule is Cc1ccc(CN2CC(C(=O)Nc3ccc(-c4noc(C(C)(C)C)n4)cc3)CC2=O)cc1. The number of anilines is 1. The monoisotopic (exact) mass is 432 g/mol. The topological polar surface area (TPSA) is 88.3 Å². The van der Waals surface area contributed by atoms with Crippen LogP contribution in [0.5, 0.6) is 0 Å². The van der Waals surface area contributed by atoms with Gasteiger partial charge in [-0.3, -0.25) is 9.59 Å². The summed E-state index contributed by atoms with van der Waals surface area (Å²) in [6, 6.07) is 15.4. The van der Waals surface area contributed by atoms with Gasteiger partial charge in [-0.25, -0.2) is 0 Å². The van der Waals surface area contributed by atoms with Crippen molar-refractivity contribution in [3.63, 3.8) is 0 Å². The molecule has 7 nitrogen and oxygen atoms in total. The van der Waals surface area contributed by atoms with E-state index in [1.807, 2.05) is 64.1 Å². The van der Waals surface area contributed by atoms with Crippen LogP contribution in [0.1, 0.15) is 44.2 Å². The van der Waals surface area contributed by atoms with Crippen LogP contribution in [0.3, 0.4) is 0 Å². The molecule has 1 N–H and O–H groups in total. The van der Waals surface area contributed by atoms with E-state index < -0.39 is 0 Å². The number of carbonyl (C=O) groups excluding carboxylic acids is 2. The molecule has 1 saturated heterocycles. The molecule has 2 aromatic carbocycles. The summed E-state index contributed by atoms with van der Waals surface area (Å²) in [7, 11) is 0. The predicted octanol–water partition coefficient (Wildman–Crippen LogP) is 4.33. The lowest BCUT2D eigenvalue weighted by atomic mass is 9.97. The van der Waals surface area contributed by atoms with Crippen LogP contribution >= 0.6 is 0 Å². The van der Waals surface area contributed by atoms with E-state index in [2.05, 4.69) is 15.5 Å². The van der Waals surface area contributed by atoms with E-state index in [0.717, 1.165) is 11.1 Å². The fraction of sp³-hybridized carbons (Fsp3) is 0.360. The molecule has 1 aliphatic rings. The van der Waals surface area contributed by atoms with E-state index in [4.69, 9.17) is 4.52 Å². The number of carbonyl (C=O) groups is 2. The first kappa shape index (κ1) is 21.7. The van der Waals surface area contributed by atoms with Crippen LogP contribution in [-0.2, 0) is 21.5 Å². The molecule has 3 aromatic rings. The summed E-state index contributed by atoms with van der Waals surface area (Å²) >= 11 is 0. The van der Waals surface area contributed by atoms with Crippen molar-refractivity contribution >= 4 is 17.5 Å².